The van der Waals surface area contributed by atoms with E-state index in [4.69, 9.17) is 4.98 Å². The molecule has 3 heterocycles. The maximum absolute atomic E-state index is 13.0. The van der Waals surface area contributed by atoms with E-state index in [1.54, 1.807) is 6.20 Å². The van der Waals surface area contributed by atoms with Crippen LogP contribution < -0.4 is 5.32 Å². The van der Waals surface area contributed by atoms with E-state index in [0.717, 1.165) is 28.4 Å². The molecule has 4 aromatic rings. The number of fused-ring (bicyclic) bond motifs is 1. The molecule has 0 spiro atoms. The van der Waals surface area contributed by atoms with Gasteiger partial charge in [-0.3, -0.25) is 4.98 Å². The molecule has 1 atom stereocenters. The van der Waals surface area contributed by atoms with Crippen molar-refractivity contribution in [3.05, 3.63) is 72.2 Å². The second-order valence-corrected chi connectivity index (χ2v) is 6.67. The number of hydrogen-bond acceptors (Lipinski definition) is 4. The molecule has 0 saturated carbocycles. The van der Waals surface area contributed by atoms with Crippen molar-refractivity contribution in [2.24, 2.45) is 0 Å². The highest BCUT2D eigenvalue weighted by Crippen LogP contribution is 2.29. The molecular formula is C21H18F3N5. The fourth-order valence-electron chi connectivity index (χ4n) is 3.06. The Morgan fingerprint density at radius 3 is 2.55 bits per heavy atom. The van der Waals surface area contributed by atoms with E-state index < -0.39 is 11.9 Å². The number of rotatable bonds is 4. The van der Waals surface area contributed by atoms with Gasteiger partial charge in [-0.25, -0.2) is 9.67 Å². The van der Waals surface area contributed by atoms with E-state index >= 15 is 0 Å². The normalized spacial score (nSPS) is 13.0. The number of alkyl halides is 3. The lowest BCUT2D eigenvalue weighted by Crippen LogP contribution is -2.13. The first-order valence-electron chi connectivity index (χ1n) is 9.04. The van der Waals surface area contributed by atoms with E-state index in [9.17, 15) is 13.2 Å². The van der Waals surface area contributed by atoms with Gasteiger partial charge >= 0.3 is 6.18 Å². The number of aromatic nitrogens is 4. The lowest BCUT2D eigenvalue weighted by Gasteiger charge is -2.11. The third-order valence-electron chi connectivity index (χ3n) is 4.76. The Balaban J connectivity index is 1.80. The summed E-state index contributed by atoms with van der Waals surface area (Å²) in [5.41, 5.74) is 2.22. The molecule has 5 nitrogen and oxygen atoms in total. The van der Waals surface area contributed by atoms with Gasteiger partial charge in [0.2, 0.25) is 0 Å². The number of nitrogens with zero attached hydrogens (tertiary/aromatic N) is 4. The standard InChI is InChI=1S/C21H18F3N5/c1-13(25-2)16-5-3-6-17(27-16)14-9-10-15-12-26-29(18(15)11-14)20-8-4-7-19(28-20)21(22,23)24/h3-13,25H,1-2H3/t13-/m0/s1. The third kappa shape index (κ3) is 3.71. The quantitative estimate of drug-likeness (QED) is 0.538. The highest BCUT2D eigenvalue weighted by atomic mass is 19.4. The van der Waals surface area contributed by atoms with Crippen molar-refractivity contribution in [2.45, 2.75) is 19.1 Å². The Morgan fingerprint density at radius 1 is 1.00 bits per heavy atom. The number of hydrogen-bond donors (Lipinski definition) is 1. The molecule has 0 fully saturated rings. The van der Waals surface area contributed by atoms with Gasteiger partial charge in [0, 0.05) is 17.0 Å². The Bertz CT molecular complexity index is 1170. The molecule has 3 aromatic heterocycles. The van der Waals surface area contributed by atoms with Crippen LogP contribution in [0.4, 0.5) is 13.2 Å². The van der Waals surface area contributed by atoms with Gasteiger partial charge in [0.25, 0.3) is 0 Å². The third-order valence-corrected chi connectivity index (χ3v) is 4.76. The molecule has 0 radical (unpaired) electrons. The largest absolute Gasteiger partial charge is 0.433 e. The highest BCUT2D eigenvalue weighted by Gasteiger charge is 2.32. The second-order valence-electron chi connectivity index (χ2n) is 6.67. The monoisotopic (exact) mass is 397 g/mol. The Hall–Kier alpha value is -3.26. The maximum atomic E-state index is 13.0. The van der Waals surface area contributed by atoms with Gasteiger partial charge < -0.3 is 5.32 Å². The Kier molecular flexibility index (Phi) is 4.79. The van der Waals surface area contributed by atoms with Crippen LogP contribution in [0.5, 0.6) is 0 Å². The minimum atomic E-state index is -4.52. The van der Waals surface area contributed by atoms with Crippen LogP contribution in [0, 0.1) is 0 Å². The molecule has 0 unspecified atom stereocenters. The van der Waals surface area contributed by atoms with Crippen LogP contribution in [-0.2, 0) is 6.18 Å². The van der Waals surface area contributed by atoms with Gasteiger partial charge in [0.05, 0.1) is 23.1 Å². The number of benzene rings is 1. The van der Waals surface area contributed by atoms with Crippen molar-refractivity contribution in [1.29, 1.82) is 0 Å². The summed E-state index contributed by atoms with van der Waals surface area (Å²) in [5, 5.41) is 8.19. The van der Waals surface area contributed by atoms with Crippen LogP contribution in [-0.4, -0.2) is 26.8 Å². The van der Waals surface area contributed by atoms with Gasteiger partial charge in [-0.05, 0) is 44.3 Å². The van der Waals surface area contributed by atoms with Crippen LogP contribution in [0.2, 0.25) is 0 Å². The number of halogens is 3. The van der Waals surface area contributed by atoms with Crippen LogP contribution in [0.1, 0.15) is 24.4 Å². The fourth-order valence-corrected chi connectivity index (χ4v) is 3.06. The molecule has 0 saturated heterocycles. The van der Waals surface area contributed by atoms with Crippen molar-refractivity contribution in [1.82, 2.24) is 25.1 Å². The molecule has 4 rings (SSSR count). The molecule has 29 heavy (non-hydrogen) atoms. The zero-order valence-corrected chi connectivity index (χ0v) is 15.8. The lowest BCUT2D eigenvalue weighted by atomic mass is 10.1. The molecule has 1 aromatic carbocycles. The summed E-state index contributed by atoms with van der Waals surface area (Å²) in [6, 6.07) is 15.3. The molecule has 8 heteroatoms. The summed E-state index contributed by atoms with van der Waals surface area (Å²) >= 11 is 0. The number of nitrogens with one attached hydrogen (secondary N) is 1. The molecule has 0 bridgehead atoms. The minimum Gasteiger partial charge on any atom is -0.312 e. The van der Waals surface area contributed by atoms with E-state index in [1.807, 2.05) is 50.4 Å². The van der Waals surface area contributed by atoms with E-state index in [2.05, 4.69) is 15.4 Å². The van der Waals surface area contributed by atoms with Gasteiger partial charge in [-0.2, -0.15) is 18.3 Å². The molecule has 148 valence electrons. The second kappa shape index (κ2) is 7.29. The lowest BCUT2D eigenvalue weighted by molar-refractivity contribution is -0.141. The SMILES string of the molecule is CN[C@@H](C)c1cccc(-c2ccc3cnn(-c4cccc(C(F)(F)F)n4)c3c2)n1. The van der Waals surface area contributed by atoms with Gasteiger partial charge in [-0.1, -0.05) is 24.3 Å². The molecule has 0 aliphatic rings. The topological polar surface area (TPSA) is 55.6 Å². The van der Waals surface area contributed by atoms with Gasteiger partial charge in [0.1, 0.15) is 5.69 Å². The van der Waals surface area contributed by atoms with Crippen molar-refractivity contribution in [3.63, 3.8) is 0 Å². The van der Waals surface area contributed by atoms with Crippen molar-refractivity contribution in [3.8, 4) is 17.1 Å². The summed E-state index contributed by atoms with van der Waals surface area (Å²) in [6.07, 6.45) is -2.91. The maximum Gasteiger partial charge on any atom is 0.433 e. The van der Waals surface area contributed by atoms with Gasteiger partial charge in [0.15, 0.2) is 5.82 Å². The van der Waals surface area contributed by atoms with Crippen LogP contribution >= 0.6 is 0 Å². The van der Waals surface area contributed by atoms with Crippen molar-refractivity contribution in [2.75, 3.05) is 7.05 Å². The Morgan fingerprint density at radius 2 is 1.79 bits per heavy atom. The summed E-state index contributed by atoms with van der Waals surface area (Å²) < 4.78 is 40.5. The zero-order valence-electron chi connectivity index (χ0n) is 15.8. The average molecular weight is 397 g/mol. The summed E-state index contributed by atoms with van der Waals surface area (Å²) in [6.45, 7) is 2.02. The van der Waals surface area contributed by atoms with Crippen molar-refractivity contribution >= 4 is 10.9 Å². The highest BCUT2D eigenvalue weighted by molar-refractivity contribution is 5.84. The smallest absolute Gasteiger partial charge is 0.312 e. The zero-order chi connectivity index (χ0) is 20.6. The van der Waals surface area contributed by atoms with Crippen LogP contribution in [0.15, 0.2) is 60.8 Å². The first-order valence-corrected chi connectivity index (χ1v) is 9.04. The molecular weight excluding hydrogens is 379 g/mol. The first kappa shape index (κ1) is 19.1. The molecule has 1 N–H and O–H groups in total. The fraction of sp³-hybridized carbons (Fsp3) is 0.190. The summed E-state index contributed by atoms with van der Waals surface area (Å²) in [4.78, 5) is 8.44. The van der Waals surface area contributed by atoms with Crippen LogP contribution in [0.3, 0.4) is 0 Å². The Labute approximate surface area is 165 Å². The van der Waals surface area contributed by atoms with Crippen LogP contribution in [0.25, 0.3) is 28.0 Å². The van der Waals surface area contributed by atoms with E-state index in [-0.39, 0.29) is 11.9 Å². The van der Waals surface area contributed by atoms with E-state index in [0.29, 0.717) is 5.52 Å². The van der Waals surface area contributed by atoms with Crippen molar-refractivity contribution < 1.29 is 13.2 Å². The average Bonchev–Trinajstić information content (AvgIpc) is 3.16. The van der Waals surface area contributed by atoms with Gasteiger partial charge in [-0.15, -0.1) is 0 Å². The first-order chi connectivity index (χ1) is 13.9. The number of pyridine rings is 2. The minimum absolute atomic E-state index is 0.0958. The predicted molar refractivity (Wildman–Crippen MR) is 105 cm³/mol. The molecule has 0 aliphatic carbocycles. The summed E-state index contributed by atoms with van der Waals surface area (Å²) in [5.74, 6) is 0.109. The predicted octanol–water partition coefficient (Wildman–Crippen LogP) is 4.78. The van der Waals surface area contributed by atoms with E-state index in [1.165, 1.54) is 16.8 Å². The summed E-state index contributed by atoms with van der Waals surface area (Å²) in [7, 11) is 1.87. The molecule has 0 aliphatic heterocycles. The molecule has 0 amide bonds.